The van der Waals surface area contributed by atoms with Crippen molar-refractivity contribution in [1.82, 2.24) is 15.1 Å². The smallest absolute Gasteiger partial charge is 0.358 e. The first-order chi connectivity index (χ1) is 16.7. The Morgan fingerprint density at radius 3 is 2.51 bits per heavy atom. The van der Waals surface area contributed by atoms with Crippen molar-refractivity contribution in [3.8, 4) is 11.1 Å². The molecule has 2 aromatic heterocycles. The van der Waals surface area contributed by atoms with Crippen LogP contribution in [0.3, 0.4) is 0 Å². The number of alkyl halides is 3. The summed E-state index contributed by atoms with van der Waals surface area (Å²) in [5.41, 5.74) is 0.290. The van der Waals surface area contributed by atoms with Crippen LogP contribution in [-0.2, 0) is 23.1 Å². The summed E-state index contributed by atoms with van der Waals surface area (Å²) >= 11 is 0. The van der Waals surface area contributed by atoms with E-state index >= 15 is 0 Å². The average molecular weight is 485 g/mol. The van der Waals surface area contributed by atoms with Crippen LogP contribution in [0.15, 0.2) is 57.8 Å². The predicted octanol–water partition coefficient (Wildman–Crippen LogP) is 4.60. The zero-order chi connectivity index (χ0) is 24.6. The second-order valence-corrected chi connectivity index (χ2v) is 8.53. The molecule has 11 heteroatoms. The van der Waals surface area contributed by atoms with Gasteiger partial charge in [0.1, 0.15) is 17.1 Å². The maximum absolute atomic E-state index is 14.7. The third kappa shape index (κ3) is 4.71. The van der Waals surface area contributed by atoms with Crippen molar-refractivity contribution in [3.63, 3.8) is 0 Å². The number of hydrogen-bond acceptors (Lipinski definition) is 6. The largest absolute Gasteiger partial charge is 0.401 e. The third-order valence-electron chi connectivity index (χ3n) is 6.06. The fourth-order valence-corrected chi connectivity index (χ4v) is 3.87. The molecule has 2 aliphatic rings. The molecule has 0 radical (unpaired) electrons. The van der Waals surface area contributed by atoms with Gasteiger partial charge in [-0.15, -0.1) is 0 Å². The highest BCUT2D eigenvalue weighted by Gasteiger charge is 2.66. The van der Waals surface area contributed by atoms with Crippen LogP contribution >= 0.6 is 0 Å². The molecule has 3 aromatic rings. The summed E-state index contributed by atoms with van der Waals surface area (Å²) in [5.74, 6) is -1.10. The first kappa shape index (κ1) is 22.9. The Morgan fingerprint density at radius 2 is 1.89 bits per heavy atom. The minimum Gasteiger partial charge on any atom is -0.358 e. The zero-order valence-electron chi connectivity index (χ0n) is 18.3. The number of hydrogen-bond donors (Lipinski definition) is 1. The number of carbonyl (C=O) groups excluding carboxylic acids is 1. The number of benzene rings is 1. The number of aliphatic imine (C=N–C) groups is 1. The van der Waals surface area contributed by atoms with E-state index in [1.165, 1.54) is 12.1 Å². The Kier molecular flexibility index (Phi) is 5.70. The van der Waals surface area contributed by atoms with E-state index in [0.29, 0.717) is 29.9 Å². The number of amides is 1. The van der Waals surface area contributed by atoms with E-state index < -0.39 is 23.3 Å². The molecule has 5 rings (SSSR count). The Hall–Kier alpha value is -3.89. The fourth-order valence-electron chi connectivity index (χ4n) is 3.87. The number of rotatable bonds is 7. The molecule has 180 valence electrons. The predicted molar refractivity (Wildman–Crippen MR) is 118 cm³/mol. The molecule has 0 bridgehead atoms. The highest BCUT2D eigenvalue weighted by Crippen LogP contribution is 2.59. The number of nitrogens with one attached hydrogen (secondary N) is 1. The molecule has 0 spiro atoms. The van der Waals surface area contributed by atoms with Gasteiger partial charge in [0.05, 0.1) is 13.0 Å². The lowest BCUT2D eigenvalue weighted by molar-refractivity contribution is -0.165. The Labute approximate surface area is 197 Å². The molecular formula is C24H19F4N5O2. The Morgan fingerprint density at radius 1 is 1.11 bits per heavy atom. The molecule has 0 saturated heterocycles. The van der Waals surface area contributed by atoms with Gasteiger partial charge in [0.2, 0.25) is 5.91 Å². The molecule has 1 saturated carbocycles. The highest BCUT2D eigenvalue weighted by molar-refractivity contribution is 5.91. The second kappa shape index (κ2) is 8.71. The highest BCUT2D eigenvalue weighted by atomic mass is 19.4. The van der Waals surface area contributed by atoms with Gasteiger partial charge < -0.3 is 9.84 Å². The van der Waals surface area contributed by atoms with Gasteiger partial charge in [-0.05, 0) is 35.6 Å². The van der Waals surface area contributed by atoms with Crippen LogP contribution in [0.5, 0.6) is 0 Å². The molecule has 1 N–H and O–H groups in total. The number of anilines is 1. The lowest BCUT2D eigenvalue weighted by Crippen LogP contribution is -2.28. The molecular weight excluding hydrogens is 466 g/mol. The van der Waals surface area contributed by atoms with Crippen LogP contribution in [0.2, 0.25) is 0 Å². The van der Waals surface area contributed by atoms with Crippen LogP contribution in [-0.4, -0.2) is 40.0 Å². The lowest BCUT2D eigenvalue weighted by atomic mass is 10.0. The van der Waals surface area contributed by atoms with Gasteiger partial charge in [0.15, 0.2) is 11.6 Å². The summed E-state index contributed by atoms with van der Waals surface area (Å²) in [6.45, 7) is 0.662. The third-order valence-corrected chi connectivity index (χ3v) is 6.06. The molecule has 1 fully saturated rings. The molecule has 7 nitrogen and oxygen atoms in total. The van der Waals surface area contributed by atoms with Gasteiger partial charge in [0.25, 0.3) is 0 Å². The van der Waals surface area contributed by atoms with Crippen LogP contribution < -0.4 is 5.32 Å². The van der Waals surface area contributed by atoms with Crippen molar-refractivity contribution >= 4 is 17.9 Å². The standard InChI is InChI=1S/C24H19F4N5O2/c25-18-8-15(17-12-30-20(31-13-17)7-14-3-6-29-11-14)1-2-16(18)9-22(34)32-21-10-19(35-33-21)23(4-5-23)24(26,27)28/h1-3,8,10-13H,4-7,9H2,(H,32,33,34). The SMILES string of the molecule is O=C(Cc1ccc(-c2cnc(CC3=CCN=C3)nc2)cc1F)Nc1cc(C2(C(F)(F)F)CC2)on1. The van der Waals surface area contributed by atoms with Crippen LogP contribution in [0, 0.1) is 5.82 Å². The fraction of sp³-hybridized carbons (Fsp3) is 0.292. The average Bonchev–Trinajstić information content (AvgIpc) is 3.25. The minimum absolute atomic E-state index is 0.0860. The molecule has 1 aromatic carbocycles. The summed E-state index contributed by atoms with van der Waals surface area (Å²) in [4.78, 5) is 25.1. The first-order valence-corrected chi connectivity index (χ1v) is 10.9. The van der Waals surface area contributed by atoms with Gasteiger partial charge in [0, 0.05) is 36.7 Å². The van der Waals surface area contributed by atoms with Crippen molar-refractivity contribution < 1.29 is 26.9 Å². The maximum atomic E-state index is 14.7. The van der Waals surface area contributed by atoms with E-state index in [1.54, 1.807) is 24.7 Å². The maximum Gasteiger partial charge on any atom is 0.401 e. The Balaban J connectivity index is 1.22. The van der Waals surface area contributed by atoms with E-state index in [-0.39, 0.29) is 36.4 Å². The van der Waals surface area contributed by atoms with E-state index in [0.717, 1.165) is 11.6 Å². The number of aromatic nitrogens is 3. The molecule has 0 atom stereocenters. The number of carbonyl (C=O) groups is 1. The van der Waals surface area contributed by atoms with Crippen LogP contribution in [0.4, 0.5) is 23.4 Å². The Bertz CT molecular complexity index is 1320. The molecule has 1 aliphatic carbocycles. The van der Waals surface area contributed by atoms with Crippen LogP contribution in [0.1, 0.15) is 30.0 Å². The van der Waals surface area contributed by atoms with Gasteiger partial charge in [-0.25, -0.2) is 14.4 Å². The normalized spacial score (nSPS) is 16.3. The molecule has 0 unspecified atom stereocenters. The van der Waals surface area contributed by atoms with Crippen molar-refractivity contribution in [2.75, 3.05) is 11.9 Å². The number of halogens is 4. The van der Waals surface area contributed by atoms with Crippen molar-refractivity contribution in [2.24, 2.45) is 4.99 Å². The summed E-state index contributed by atoms with van der Waals surface area (Å²) in [7, 11) is 0. The van der Waals surface area contributed by atoms with E-state index in [2.05, 4.69) is 25.4 Å². The van der Waals surface area contributed by atoms with Gasteiger partial charge in [-0.3, -0.25) is 9.79 Å². The molecule has 3 heterocycles. The number of nitrogens with zero attached hydrogens (tertiary/aromatic N) is 4. The van der Waals surface area contributed by atoms with Crippen LogP contribution in [0.25, 0.3) is 11.1 Å². The summed E-state index contributed by atoms with van der Waals surface area (Å²) in [6.07, 6.45) is 2.60. The quantitative estimate of drug-likeness (QED) is 0.494. The second-order valence-electron chi connectivity index (χ2n) is 8.53. The summed E-state index contributed by atoms with van der Waals surface area (Å²) in [5, 5.41) is 5.87. The van der Waals surface area contributed by atoms with Crippen molar-refractivity contribution in [3.05, 3.63) is 71.3 Å². The van der Waals surface area contributed by atoms with E-state index in [9.17, 15) is 22.4 Å². The number of allylic oxidation sites excluding steroid dienone is 1. The van der Waals surface area contributed by atoms with Gasteiger partial charge >= 0.3 is 6.18 Å². The topological polar surface area (TPSA) is 93.3 Å². The summed E-state index contributed by atoms with van der Waals surface area (Å²) < 4.78 is 59.1. The summed E-state index contributed by atoms with van der Waals surface area (Å²) in [6, 6.07) is 5.46. The van der Waals surface area contributed by atoms with Gasteiger partial charge in [-0.1, -0.05) is 23.4 Å². The van der Waals surface area contributed by atoms with E-state index in [4.69, 9.17) is 4.52 Å². The first-order valence-electron chi connectivity index (χ1n) is 10.9. The lowest BCUT2D eigenvalue weighted by Gasteiger charge is -2.14. The zero-order valence-corrected chi connectivity index (χ0v) is 18.3. The van der Waals surface area contributed by atoms with Crippen molar-refractivity contribution in [1.29, 1.82) is 0 Å². The van der Waals surface area contributed by atoms with Crippen molar-refractivity contribution in [2.45, 2.75) is 37.3 Å². The van der Waals surface area contributed by atoms with Gasteiger partial charge in [-0.2, -0.15) is 13.2 Å². The van der Waals surface area contributed by atoms with E-state index in [1.807, 2.05) is 6.08 Å². The molecule has 1 aliphatic heterocycles. The molecule has 1 amide bonds. The minimum atomic E-state index is -4.45. The molecule has 35 heavy (non-hydrogen) atoms. The monoisotopic (exact) mass is 485 g/mol.